The predicted molar refractivity (Wildman–Crippen MR) is 72.3 cm³/mol. The van der Waals surface area contributed by atoms with Gasteiger partial charge in [-0.3, -0.25) is 13.9 Å². The zero-order chi connectivity index (χ0) is 15.6. The third-order valence-electron chi connectivity index (χ3n) is 1.97. The Bertz CT molecular complexity index is 405. The third kappa shape index (κ3) is 7.89. The molecule has 0 heterocycles. The van der Waals surface area contributed by atoms with Crippen molar-refractivity contribution in [1.29, 1.82) is 0 Å². The molecule has 2 atom stereocenters. The van der Waals surface area contributed by atoms with Gasteiger partial charge < -0.3 is 14.0 Å². The first-order valence-electron chi connectivity index (χ1n) is 5.72. The molecule has 20 heavy (non-hydrogen) atoms. The summed E-state index contributed by atoms with van der Waals surface area (Å²) < 4.78 is 30.8. The number of rotatable bonds is 10. The molecule has 0 rings (SSSR count). The molecule has 0 spiro atoms. The lowest BCUT2D eigenvalue weighted by molar-refractivity contribution is -0.157. The average Bonchev–Trinajstić information content (AvgIpc) is 2.41. The molecular weight excluding hydrogens is 287 g/mol. The molecule has 0 saturated heterocycles. The Morgan fingerprint density at radius 2 is 1.75 bits per heavy atom. The van der Waals surface area contributed by atoms with Crippen LogP contribution in [-0.2, 0) is 32.7 Å². The molecule has 0 aliphatic heterocycles. The molecule has 0 aromatic carbocycles. The van der Waals surface area contributed by atoms with Crippen molar-refractivity contribution in [1.82, 2.24) is 0 Å². The number of esters is 2. The molecule has 7 nitrogen and oxygen atoms in total. The van der Waals surface area contributed by atoms with Crippen LogP contribution in [0.4, 0.5) is 0 Å². The van der Waals surface area contributed by atoms with E-state index in [-0.39, 0.29) is 13.2 Å². The third-order valence-corrected chi connectivity index (χ3v) is 3.27. The fraction of sp³-hybridized carbons (Fsp3) is 0.500. The van der Waals surface area contributed by atoms with E-state index in [9.17, 15) is 14.2 Å². The van der Waals surface area contributed by atoms with Gasteiger partial charge in [-0.15, -0.1) is 0 Å². The van der Waals surface area contributed by atoms with Gasteiger partial charge in [-0.25, -0.2) is 4.79 Å². The smallest absolute Gasteiger partial charge is 0.336 e. The van der Waals surface area contributed by atoms with Crippen LogP contribution in [0.15, 0.2) is 25.3 Å². The van der Waals surface area contributed by atoms with Crippen LogP contribution in [0.3, 0.4) is 0 Å². The Labute approximate surface area is 118 Å². The topological polar surface area (TPSA) is 88.1 Å². The highest BCUT2D eigenvalue weighted by Crippen LogP contribution is 2.44. The van der Waals surface area contributed by atoms with E-state index in [1.54, 1.807) is 0 Å². The molecule has 0 amide bonds. The first-order valence-corrected chi connectivity index (χ1v) is 7.71. The molecule has 0 aromatic heterocycles. The van der Waals surface area contributed by atoms with E-state index < -0.39 is 32.1 Å². The van der Waals surface area contributed by atoms with Crippen molar-refractivity contribution in [3.05, 3.63) is 25.3 Å². The second-order valence-electron chi connectivity index (χ2n) is 3.64. The van der Waals surface area contributed by atoms with E-state index in [2.05, 4.69) is 17.7 Å². The highest BCUT2D eigenvalue weighted by Gasteiger charge is 2.31. The van der Waals surface area contributed by atoms with Crippen LogP contribution in [0.25, 0.3) is 0 Å². The van der Waals surface area contributed by atoms with Crippen molar-refractivity contribution < 1.29 is 32.7 Å². The minimum absolute atomic E-state index is 0.00131. The molecule has 114 valence electrons. The van der Waals surface area contributed by atoms with Gasteiger partial charge in [0.2, 0.25) is 0 Å². The van der Waals surface area contributed by atoms with Crippen molar-refractivity contribution in [3.8, 4) is 0 Å². The molecule has 0 saturated carbocycles. The maximum Gasteiger partial charge on any atom is 0.336 e. The van der Waals surface area contributed by atoms with Gasteiger partial charge in [-0.2, -0.15) is 0 Å². The molecule has 0 bridgehead atoms. The Hall–Kier alpha value is -1.43. The zero-order valence-electron chi connectivity index (χ0n) is 11.6. The molecule has 0 N–H and O–H groups in total. The van der Waals surface area contributed by atoms with Gasteiger partial charge >= 0.3 is 19.5 Å². The Morgan fingerprint density at radius 1 is 1.20 bits per heavy atom. The second-order valence-corrected chi connectivity index (χ2v) is 5.76. The quantitative estimate of drug-likeness (QED) is 0.345. The lowest BCUT2D eigenvalue weighted by atomic mass is 10.2. The first kappa shape index (κ1) is 18.6. The van der Waals surface area contributed by atoms with E-state index in [1.807, 2.05) is 0 Å². The SMILES string of the molecule is C=CCOC(=O)CC(OP(C)(=O)OC)C(=O)OCC=C. The summed E-state index contributed by atoms with van der Waals surface area (Å²) >= 11 is 0. The second kappa shape index (κ2) is 9.47. The van der Waals surface area contributed by atoms with E-state index >= 15 is 0 Å². The number of carbonyl (C=O) groups excluding carboxylic acids is 2. The number of ether oxygens (including phenoxy) is 2. The van der Waals surface area contributed by atoms with Crippen molar-refractivity contribution in [2.75, 3.05) is 27.0 Å². The van der Waals surface area contributed by atoms with E-state index in [0.29, 0.717) is 0 Å². The monoisotopic (exact) mass is 306 g/mol. The van der Waals surface area contributed by atoms with Gasteiger partial charge in [-0.05, 0) is 0 Å². The van der Waals surface area contributed by atoms with Crippen molar-refractivity contribution in [3.63, 3.8) is 0 Å². The summed E-state index contributed by atoms with van der Waals surface area (Å²) in [6.45, 7) is 7.89. The van der Waals surface area contributed by atoms with Gasteiger partial charge in [0.1, 0.15) is 13.2 Å². The fourth-order valence-electron chi connectivity index (χ4n) is 1.03. The van der Waals surface area contributed by atoms with Crippen LogP contribution in [0, 0.1) is 0 Å². The molecule has 0 fully saturated rings. The zero-order valence-corrected chi connectivity index (χ0v) is 12.5. The summed E-state index contributed by atoms with van der Waals surface area (Å²) in [7, 11) is -2.28. The van der Waals surface area contributed by atoms with E-state index in [0.717, 1.165) is 0 Å². The highest BCUT2D eigenvalue weighted by molar-refractivity contribution is 7.53. The molecule has 0 aliphatic carbocycles. The van der Waals surface area contributed by atoms with E-state index in [1.165, 1.54) is 25.9 Å². The van der Waals surface area contributed by atoms with E-state index in [4.69, 9.17) is 14.0 Å². The van der Waals surface area contributed by atoms with Gasteiger partial charge in [0.05, 0.1) is 6.42 Å². The fourth-order valence-corrected chi connectivity index (χ4v) is 1.74. The van der Waals surface area contributed by atoms with Gasteiger partial charge in [0.15, 0.2) is 6.10 Å². The number of hydrogen-bond donors (Lipinski definition) is 0. The van der Waals surface area contributed by atoms with Crippen molar-refractivity contribution >= 4 is 19.5 Å². The maximum absolute atomic E-state index is 11.7. The largest absolute Gasteiger partial charge is 0.461 e. The average molecular weight is 306 g/mol. The van der Waals surface area contributed by atoms with Crippen molar-refractivity contribution in [2.24, 2.45) is 0 Å². The van der Waals surface area contributed by atoms with Gasteiger partial charge in [-0.1, -0.05) is 25.3 Å². The molecule has 2 unspecified atom stereocenters. The Balaban J connectivity index is 4.73. The first-order chi connectivity index (χ1) is 9.36. The summed E-state index contributed by atoms with van der Waals surface area (Å²) in [4.78, 5) is 23.2. The molecule has 0 aliphatic rings. The van der Waals surface area contributed by atoms with Crippen LogP contribution >= 0.6 is 7.60 Å². The number of hydrogen-bond acceptors (Lipinski definition) is 7. The van der Waals surface area contributed by atoms with Crippen LogP contribution in [0.5, 0.6) is 0 Å². The van der Waals surface area contributed by atoms with Gasteiger partial charge in [0, 0.05) is 13.8 Å². The summed E-state index contributed by atoms with van der Waals surface area (Å²) in [5.74, 6) is -1.55. The van der Waals surface area contributed by atoms with Crippen molar-refractivity contribution in [2.45, 2.75) is 12.5 Å². The predicted octanol–water partition coefficient (Wildman–Crippen LogP) is 1.69. The van der Waals surface area contributed by atoms with Crippen LogP contribution in [0.2, 0.25) is 0 Å². The molecular formula is C12H19O7P. The Morgan fingerprint density at radius 3 is 2.25 bits per heavy atom. The Kier molecular flexibility index (Phi) is 8.79. The number of carbonyl (C=O) groups is 2. The molecule has 0 aromatic rings. The maximum atomic E-state index is 11.7. The van der Waals surface area contributed by atoms with Crippen LogP contribution in [0.1, 0.15) is 6.42 Å². The molecule has 0 radical (unpaired) electrons. The van der Waals surface area contributed by atoms with Gasteiger partial charge in [0.25, 0.3) is 0 Å². The standard InChI is InChI=1S/C12H19O7P/c1-5-7-17-11(13)9-10(12(14)18-8-6-2)19-20(4,15)16-3/h5-6,10H,1-2,7-9H2,3-4H3. The molecule has 8 heteroatoms. The summed E-state index contributed by atoms with van der Waals surface area (Å²) in [5, 5.41) is 0. The lowest BCUT2D eigenvalue weighted by Crippen LogP contribution is -2.29. The summed E-state index contributed by atoms with van der Waals surface area (Å²) in [5.41, 5.74) is 0. The normalized spacial score (nSPS) is 14.7. The minimum Gasteiger partial charge on any atom is -0.461 e. The van der Waals surface area contributed by atoms with Crippen LogP contribution < -0.4 is 0 Å². The summed E-state index contributed by atoms with van der Waals surface area (Å²) in [6, 6.07) is 0. The summed E-state index contributed by atoms with van der Waals surface area (Å²) in [6.07, 6.45) is 0.921. The lowest BCUT2D eigenvalue weighted by Gasteiger charge is -2.19. The highest BCUT2D eigenvalue weighted by atomic mass is 31.2. The van der Waals surface area contributed by atoms with Crippen LogP contribution in [-0.4, -0.2) is 45.0 Å². The minimum atomic E-state index is -3.45.